The minimum Gasteiger partial charge on any atom is -0.294 e. The van der Waals surface area contributed by atoms with Crippen LogP contribution in [0, 0.1) is 0 Å². The lowest BCUT2D eigenvalue weighted by Gasteiger charge is -2.10. The number of benzene rings is 1. The van der Waals surface area contributed by atoms with Gasteiger partial charge >= 0.3 is 0 Å². The molecule has 0 aliphatic rings. The summed E-state index contributed by atoms with van der Waals surface area (Å²) in [6, 6.07) is 9.88. The molecule has 0 fully saturated rings. The molecule has 0 radical (unpaired) electrons. The minimum absolute atomic E-state index is 0.0300. The lowest BCUT2D eigenvalue weighted by atomic mass is 10.1. The fourth-order valence-electron chi connectivity index (χ4n) is 1.77. The van der Waals surface area contributed by atoms with Crippen molar-refractivity contribution < 1.29 is 0 Å². The largest absolute Gasteiger partial charge is 0.294 e. The van der Waals surface area contributed by atoms with Crippen LogP contribution in [-0.4, -0.2) is 9.55 Å². The maximum Gasteiger partial charge on any atom is 0.268 e. The minimum atomic E-state index is -0.0300. The summed E-state index contributed by atoms with van der Waals surface area (Å²) >= 11 is 3.35. The number of nitrogens with zero attached hydrogens (tertiary/aromatic N) is 2. The van der Waals surface area contributed by atoms with E-state index in [2.05, 4.69) is 20.9 Å². The zero-order valence-corrected chi connectivity index (χ0v) is 12.0. The van der Waals surface area contributed by atoms with Crippen molar-refractivity contribution >= 4 is 15.9 Å². The van der Waals surface area contributed by atoms with Crippen molar-refractivity contribution in [1.82, 2.24) is 9.55 Å². The highest BCUT2D eigenvalue weighted by Crippen LogP contribution is 2.18. The summed E-state index contributed by atoms with van der Waals surface area (Å²) in [5.74, 6) is 0.235. The Kier molecular flexibility index (Phi) is 3.97. The molecule has 0 saturated heterocycles. The van der Waals surface area contributed by atoms with Gasteiger partial charge in [-0.2, -0.15) is 0 Å². The first-order valence-corrected chi connectivity index (χ1v) is 6.67. The zero-order valence-electron chi connectivity index (χ0n) is 10.4. The lowest BCUT2D eigenvalue weighted by molar-refractivity contribution is 0.698. The summed E-state index contributed by atoms with van der Waals surface area (Å²) in [4.78, 5) is 16.5. The average molecular weight is 307 g/mol. The van der Waals surface area contributed by atoms with Gasteiger partial charge in [0.25, 0.3) is 5.56 Å². The van der Waals surface area contributed by atoms with Crippen LogP contribution in [0.2, 0.25) is 0 Å². The smallest absolute Gasteiger partial charge is 0.268 e. The van der Waals surface area contributed by atoms with E-state index in [0.717, 1.165) is 11.3 Å². The SMILES string of the molecule is CC(C)c1ncn(Cc2ccccc2)c(=O)c1Br. The summed E-state index contributed by atoms with van der Waals surface area (Å²) < 4.78 is 2.18. The monoisotopic (exact) mass is 306 g/mol. The fourth-order valence-corrected chi connectivity index (χ4v) is 2.56. The number of halogens is 1. The van der Waals surface area contributed by atoms with E-state index in [1.807, 2.05) is 44.2 Å². The molecular weight excluding hydrogens is 292 g/mol. The van der Waals surface area contributed by atoms with Gasteiger partial charge in [0, 0.05) is 0 Å². The van der Waals surface area contributed by atoms with Crippen LogP contribution in [0.1, 0.15) is 31.0 Å². The molecule has 3 nitrogen and oxygen atoms in total. The lowest BCUT2D eigenvalue weighted by Crippen LogP contribution is -2.23. The predicted molar refractivity (Wildman–Crippen MR) is 75.8 cm³/mol. The van der Waals surface area contributed by atoms with Crippen LogP contribution in [-0.2, 0) is 6.54 Å². The van der Waals surface area contributed by atoms with Crippen molar-refractivity contribution in [1.29, 1.82) is 0 Å². The standard InChI is InChI=1S/C14H15BrN2O/c1-10(2)13-12(15)14(18)17(9-16-13)8-11-6-4-3-5-7-11/h3-7,9-10H,8H2,1-2H3. The third-order valence-electron chi connectivity index (χ3n) is 2.75. The predicted octanol–water partition coefficient (Wildman–Crippen LogP) is 3.18. The van der Waals surface area contributed by atoms with Gasteiger partial charge in [0.05, 0.1) is 18.6 Å². The maximum absolute atomic E-state index is 12.2. The summed E-state index contributed by atoms with van der Waals surface area (Å²) in [5, 5.41) is 0. The molecule has 0 atom stereocenters. The third-order valence-corrected chi connectivity index (χ3v) is 3.50. The topological polar surface area (TPSA) is 34.9 Å². The van der Waals surface area contributed by atoms with Crippen LogP contribution < -0.4 is 5.56 Å². The molecule has 0 spiro atoms. The van der Waals surface area contributed by atoms with Gasteiger partial charge < -0.3 is 0 Å². The number of aromatic nitrogens is 2. The second-order valence-corrected chi connectivity index (χ2v) is 5.31. The first-order chi connectivity index (χ1) is 8.59. The molecule has 0 amide bonds. The first kappa shape index (κ1) is 13.0. The molecular formula is C14H15BrN2O. The molecule has 0 aliphatic carbocycles. The molecule has 1 aromatic carbocycles. The molecule has 2 aromatic rings. The van der Waals surface area contributed by atoms with Crippen molar-refractivity contribution in [2.75, 3.05) is 0 Å². The van der Waals surface area contributed by atoms with Gasteiger partial charge in [-0.05, 0) is 27.4 Å². The summed E-state index contributed by atoms with van der Waals surface area (Å²) in [7, 11) is 0. The Bertz CT molecular complexity index is 590. The first-order valence-electron chi connectivity index (χ1n) is 5.88. The molecule has 0 saturated carbocycles. The van der Waals surface area contributed by atoms with E-state index in [1.54, 1.807) is 10.9 Å². The second-order valence-electron chi connectivity index (χ2n) is 4.52. The Morgan fingerprint density at radius 2 is 1.94 bits per heavy atom. The van der Waals surface area contributed by atoms with E-state index in [9.17, 15) is 4.79 Å². The van der Waals surface area contributed by atoms with Crippen molar-refractivity contribution in [3.63, 3.8) is 0 Å². The molecule has 0 aliphatic heterocycles. The third kappa shape index (κ3) is 2.70. The maximum atomic E-state index is 12.2. The number of rotatable bonds is 3. The van der Waals surface area contributed by atoms with Crippen LogP contribution in [0.3, 0.4) is 0 Å². The fraction of sp³-hybridized carbons (Fsp3) is 0.286. The van der Waals surface area contributed by atoms with Gasteiger partial charge in [-0.1, -0.05) is 44.2 Å². The van der Waals surface area contributed by atoms with E-state index in [-0.39, 0.29) is 11.5 Å². The van der Waals surface area contributed by atoms with Gasteiger partial charge in [-0.3, -0.25) is 9.36 Å². The van der Waals surface area contributed by atoms with E-state index in [1.165, 1.54) is 0 Å². The molecule has 18 heavy (non-hydrogen) atoms. The highest BCUT2D eigenvalue weighted by molar-refractivity contribution is 9.10. The van der Waals surface area contributed by atoms with Crippen LogP contribution in [0.15, 0.2) is 45.9 Å². The van der Waals surface area contributed by atoms with E-state index >= 15 is 0 Å². The molecule has 0 unspecified atom stereocenters. The number of hydrogen-bond donors (Lipinski definition) is 0. The summed E-state index contributed by atoms with van der Waals surface area (Å²) in [5.41, 5.74) is 1.87. The highest BCUT2D eigenvalue weighted by atomic mass is 79.9. The summed E-state index contributed by atoms with van der Waals surface area (Å²) in [6.45, 7) is 4.59. The van der Waals surface area contributed by atoms with Crippen LogP contribution in [0.4, 0.5) is 0 Å². The van der Waals surface area contributed by atoms with Crippen molar-refractivity contribution in [3.05, 3.63) is 62.7 Å². The zero-order chi connectivity index (χ0) is 13.1. The van der Waals surface area contributed by atoms with Crippen molar-refractivity contribution in [3.8, 4) is 0 Å². The van der Waals surface area contributed by atoms with Crippen LogP contribution in [0.25, 0.3) is 0 Å². The van der Waals surface area contributed by atoms with E-state index < -0.39 is 0 Å². The van der Waals surface area contributed by atoms with Gasteiger partial charge in [0.15, 0.2) is 0 Å². The molecule has 2 rings (SSSR count). The van der Waals surface area contributed by atoms with Gasteiger partial charge in [0.1, 0.15) is 4.47 Å². The van der Waals surface area contributed by atoms with Crippen LogP contribution >= 0.6 is 15.9 Å². The quantitative estimate of drug-likeness (QED) is 0.873. The van der Waals surface area contributed by atoms with Crippen LogP contribution in [0.5, 0.6) is 0 Å². The molecule has 0 N–H and O–H groups in total. The van der Waals surface area contributed by atoms with Gasteiger partial charge in [-0.25, -0.2) is 4.98 Å². The van der Waals surface area contributed by atoms with E-state index in [4.69, 9.17) is 0 Å². The molecule has 1 aromatic heterocycles. The molecule has 4 heteroatoms. The van der Waals surface area contributed by atoms with Gasteiger partial charge in [0.2, 0.25) is 0 Å². The highest BCUT2D eigenvalue weighted by Gasteiger charge is 2.11. The Hall–Kier alpha value is -1.42. The molecule has 1 heterocycles. The van der Waals surface area contributed by atoms with Crippen molar-refractivity contribution in [2.24, 2.45) is 0 Å². The van der Waals surface area contributed by atoms with Gasteiger partial charge in [-0.15, -0.1) is 0 Å². The average Bonchev–Trinajstić information content (AvgIpc) is 2.36. The normalized spacial score (nSPS) is 10.9. The number of hydrogen-bond acceptors (Lipinski definition) is 2. The Morgan fingerprint density at radius 3 is 2.56 bits per heavy atom. The molecule has 94 valence electrons. The second kappa shape index (κ2) is 5.48. The Labute approximate surface area is 115 Å². The molecule has 0 bridgehead atoms. The summed E-state index contributed by atoms with van der Waals surface area (Å²) in [6.07, 6.45) is 1.62. The Balaban J connectivity index is 2.37. The Morgan fingerprint density at radius 1 is 1.28 bits per heavy atom. The van der Waals surface area contributed by atoms with E-state index in [0.29, 0.717) is 11.0 Å². The van der Waals surface area contributed by atoms with Crippen molar-refractivity contribution in [2.45, 2.75) is 26.3 Å².